The molecular formula is C19H22BrNO5S. The average molecular weight is 456 g/mol. The van der Waals surface area contributed by atoms with Gasteiger partial charge >= 0.3 is 5.97 Å². The fourth-order valence-corrected chi connectivity index (χ4v) is 4.40. The van der Waals surface area contributed by atoms with Crippen LogP contribution in [0.5, 0.6) is 5.75 Å². The lowest BCUT2D eigenvalue weighted by Gasteiger charge is -2.23. The Hall–Kier alpha value is -1.90. The van der Waals surface area contributed by atoms with Gasteiger partial charge in [0.15, 0.2) is 0 Å². The number of ether oxygens (including phenoxy) is 2. The molecule has 2 atom stereocenters. The molecule has 1 N–H and O–H groups in total. The molecule has 0 aliphatic heterocycles. The minimum atomic E-state index is -3.85. The molecule has 0 saturated carbocycles. The van der Waals surface area contributed by atoms with Crippen molar-refractivity contribution in [2.45, 2.75) is 29.6 Å². The monoisotopic (exact) mass is 455 g/mol. The molecule has 8 heteroatoms. The summed E-state index contributed by atoms with van der Waals surface area (Å²) in [5, 5.41) is 0. The molecule has 2 aromatic rings. The van der Waals surface area contributed by atoms with Gasteiger partial charge in [-0.15, -0.1) is 0 Å². The fourth-order valence-electron chi connectivity index (χ4n) is 2.42. The molecule has 0 amide bonds. The van der Waals surface area contributed by atoms with E-state index in [9.17, 15) is 13.2 Å². The van der Waals surface area contributed by atoms with Crippen molar-refractivity contribution in [3.63, 3.8) is 0 Å². The normalized spacial score (nSPS) is 13.6. The first-order chi connectivity index (χ1) is 12.8. The molecule has 0 heterocycles. The molecule has 27 heavy (non-hydrogen) atoms. The quantitative estimate of drug-likeness (QED) is 0.487. The number of carbonyl (C=O) groups excluding carboxylic acids is 1. The van der Waals surface area contributed by atoms with Gasteiger partial charge in [-0.05, 0) is 43.7 Å². The number of sulfonamides is 1. The zero-order valence-electron chi connectivity index (χ0n) is 15.3. The molecule has 0 saturated heterocycles. The van der Waals surface area contributed by atoms with Crippen molar-refractivity contribution in [2.24, 2.45) is 0 Å². The number of hydrogen-bond acceptors (Lipinski definition) is 5. The standard InChI is InChI=1S/C19H22BrNO5S/c1-4-26-19(22)17(20)18(14-7-9-15(25-3)10-8-14)21-27(23,24)16-11-5-13(2)6-12-16/h5-12,17-18,21H,4H2,1-3H3. The molecule has 0 aliphatic rings. The predicted molar refractivity (Wildman–Crippen MR) is 107 cm³/mol. The Balaban J connectivity index is 2.38. The molecule has 6 nitrogen and oxygen atoms in total. The Labute approximate surface area is 168 Å². The van der Waals surface area contributed by atoms with Gasteiger partial charge in [0.1, 0.15) is 10.6 Å². The highest BCUT2D eigenvalue weighted by atomic mass is 79.9. The van der Waals surface area contributed by atoms with Crippen molar-refractivity contribution in [3.8, 4) is 5.75 Å². The lowest BCUT2D eigenvalue weighted by molar-refractivity contribution is -0.142. The van der Waals surface area contributed by atoms with E-state index < -0.39 is 26.9 Å². The third-order valence-electron chi connectivity index (χ3n) is 3.89. The van der Waals surface area contributed by atoms with E-state index in [2.05, 4.69) is 20.7 Å². The molecule has 0 aliphatic carbocycles. The summed E-state index contributed by atoms with van der Waals surface area (Å²) in [7, 11) is -2.31. The van der Waals surface area contributed by atoms with Crippen LogP contribution in [0, 0.1) is 6.92 Å². The summed E-state index contributed by atoms with van der Waals surface area (Å²) < 4.78 is 38.4. The molecule has 0 spiro atoms. The first-order valence-corrected chi connectivity index (χ1v) is 10.7. The predicted octanol–water partition coefficient (Wildman–Crippen LogP) is 3.35. The number of carbonyl (C=O) groups is 1. The van der Waals surface area contributed by atoms with Gasteiger partial charge in [0.2, 0.25) is 10.0 Å². The minimum absolute atomic E-state index is 0.121. The number of rotatable bonds is 8. The van der Waals surface area contributed by atoms with Gasteiger partial charge in [-0.2, -0.15) is 0 Å². The fraction of sp³-hybridized carbons (Fsp3) is 0.316. The van der Waals surface area contributed by atoms with Crippen LogP contribution in [0.3, 0.4) is 0 Å². The van der Waals surface area contributed by atoms with Crippen LogP contribution in [0.2, 0.25) is 0 Å². The van der Waals surface area contributed by atoms with Gasteiger partial charge in [-0.3, -0.25) is 4.79 Å². The molecule has 2 unspecified atom stereocenters. The van der Waals surface area contributed by atoms with Gasteiger partial charge in [0.25, 0.3) is 0 Å². The zero-order valence-corrected chi connectivity index (χ0v) is 17.7. The molecule has 2 aromatic carbocycles. The Morgan fingerprint density at radius 2 is 1.70 bits per heavy atom. The van der Waals surface area contributed by atoms with Gasteiger partial charge in [0, 0.05) is 0 Å². The second-order valence-corrected chi connectivity index (χ2v) is 8.54. The Morgan fingerprint density at radius 3 is 2.22 bits per heavy atom. The molecule has 2 rings (SSSR count). The maximum atomic E-state index is 12.8. The number of hydrogen-bond donors (Lipinski definition) is 1. The van der Waals surface area contributed by atoms with Crippen LogP contribution >= 0.6 is 15.9 Å². The van der Waals surface area contributed by atoms with E-state index >= 15 is 0 Å². The molecule has 0 fully saturated rings. The van der Waals surface area contributed by atoms with Gasteiger partial charge in [0.05, 0.1) is 24.7 Å². The summed E-state index contributed by atoms with van der Waals surface area (Å²) >= 11 is 3.29. The van der Waals surface area contributed by atoms with Gasteiger partial charge in [-0.1, -0.05) is 45.8 Å². The highest BCUT2D eigenvalue weighted by molar-refractivity contribution is 9.10. The van der Waals surface area contributed by atoms with Crippen LogP contribution < -0.4 is 9.46 Å². The number of halogens is 1. The van der Waals surface area contributed by atoms with Crippen LogP contribution in [0.1, 0.15) is 24.1 Å². The third kappa shape index (κ3) is 5.54. The smallest absolute Gasteiger partial charge is 0.321 e. The van der Waals surface area contributed by atoms with Crippen molar-refractivity contribution in [1.82, 2.24) is 4.72 Å². The SMILES string of the molecule is CCOC(=O)C(Br)C(NS(=O)(=O)c1ccc(C)cc1)c1ccc(OC)cc1. The first-order valence-electron chi connectivity index (χ1n) is 8.32. The summed E-state index contributed by atoms with van der Waals surface area (Å²) in [5.41, 5.74) is 1.55. The average Bonchev–Trinajstić information content (AvgIpc) is 2.66. The number of aryl methyl sites for hydroxylation is 1. The van der Waals surface area contributed by atoms with Crippen LogP contribution in [-0.4, -0.2) is 32.9 Å². The maximum Gasteiger partial charge on any atom is 0.321 e. The summed E-state index contributed by atoms with van der Waals surface area (Å²) in [6.45, 7) is 3.76. The second kappa shape index (κ2) is 9.34. The van der Waals surface area contributed by atoms with Crippen molar-refractivity contribution in [3.05, 3.63) is 59.7 Å². The van der Waals surface area contributed by atoms with E-state index in [1.165, 1.54) is 12.1 Å². The largest absolute Gasteiger partial charge is 0.497 e. The van der Waals surface area contributed by atoms with E-state index in [-0.39, 0.29) is 11.5 Å². The number of nitrogens with one attached hydrogen (secondary N) is 1. The van der Waals surface area contributed by atoms with Crippen LogP contribution in [-0.2, 0) is 19.6 Å². The highest BCUT2D eigenvalue weighted by Crippen LogP contribution is 2.28. The van der Waals surface area contributed by atoms with E-state index in [1.807, 2.05) is 6.92 Å². The topological polar surface area (TPSA) is 81.7 Å². The number of methoxy groups -OCH3 is 1. The van der Waals surface area contributed by atoms with Crippen molar-refractivity contribution < 1.29 is 22.7 Å². The summed E-state index contributed by atoms with van der Waals surface area (Å²) in [6, 6.07) is 12.4. The van der Waals surface area contributed by atoms with E-state index in [0.717, 1.165) is 5.56 Å². The van der Waals surface area contributed by atoms with Crippen LogP contribution in [0.15, 0.2) is 53.4 Å². The molecule has 146 valence electrons. The minimum Gasteiger partial charge on any atom is -0.497 e. The van der Waals surface area contributed by atoms with Crippen molar-refractivity contribution in [2.75, 3.05) is 13.7 Å². The summed E-state index contributed by atoms with van der Waals surface area (Å²) in [4.78, 5) is 11.4. The number of benzene rings is 2. The van der Waals surface area contributed by atoms with Crippen LogP contribution in [0.25, 0.3) is 0 Å². The third-order valence-corrected chi connectivity index (χ3v) is 6.25. The van der Waals surface area contributed by atoms with Crippen molar-refractivity contribution >= 4 is 31.9 Å². The Bertz CT molecular complexity index is 866. The molecule has 0 bridgehead atoms. The number of esters is 1. The van der Waals surface area contributed by atoms with Crippen LogP contribution in [0.4, 0.5) is 0 Å². The summed E-state index contributed by atoms with van der Waals surface area (Å²) in [6.07, 6.45) is 0. The highest BCUT2D eigenvalue weighted by Gasteiger charge is 2.32. The maximum absolute atomic E-state index is 12.8. The van der Waals surface area contributed by atoms with Gasteiger partial charge in [-0.25, -0.2) is 13.1 Å². The molecular weight excluding hydrogens is 434 g/mol. The second-order valence-electron chi connectivity index (χ2n) is 5.84. The molecule has 0 aromatic heterocycles. The lowest BCUT2D eigenvalue weighted by atomic mass is 10.0. The van der Waals surface area contributed by atoms with E-state index in [1.54, 1.807) is 50.4 Å². The first kappa shape index (κ1) is 21.4. The zero-order chi connectivity index (χ0) is 20.0. The molecule has 0 radical (unpaired) electrons. The van der Waals surface area contributed by atoms with Crippen molar-refractivity contribution in [1.29, 1.82) is 0 Å². The van der Waals surface area contributed by atoms with E-state index in [4.69, 9.17) is 9.47 Å². The van der Waals surface area contributed by atoms with E-state index in [0.29, 0.717) is 11.3 Å². The number of alkyl halides is 1. The Kier molecular flexibility index (Phi) is 7.41. The Morgan fingerprint density at radius 1 is 1.11 bits per heavy atom. The lowest BCUT2D eigenvalue weighted by Crippen LogP contribution is -2.38. The van der Waals surface area contributed by atoms with Gasteiger partial charge < -0.3 is 9.47 Å². The summed E-state index contributed by atoms with van der Waals surface area (Å²) in [5.74, 6) is 0.0751.